The van der Waals surface area contributed by atoms with Gasteiger partial charge in [-0.15, -0.1) is 0 Å². The van der Waals surface area contributed by atoms with Crippen molar-refractivity contribution in [3.8, 4) is 23.1 Å². The number of hydrogen-bond donors (Lipinski definition) is 2. The SMILES string of the molecule is C[C@@H](C#N)Oc1ncc(-c2cc(NC(=O)c3cccc(C(F)(F)F)c3)ccc2CN)cc1N1CCOCC1. The Morgan fingerprint density at radius 1 is 1.24 bits per heavy atom. The van der Waals surface area contributed by atoms with Crippen molar-refractivity contribution in [1.29, 1.82) is 5.26 Å². The lowest BCUT2D eigenvalue weighted by molar-refractivity contribution is -0.137. The molecule has 1 aromatic heterocycles. The van der Waals surface area contributed by atoms with Gasteiger partial charge in [-0.3, -0.25) is 4.79 Å². The van der Waals surface area contributed by atoms with Crippen LogP contribution in [0.5, 0.6) is 5.88 Å². The van der Waals surface area contributed by atoms with Gasteiger partial charge in [0.25, 0.3) is 5.91 Å². The normalized spacial score (nSPS) is 14.5. The zero-order chi connectivity index (χ0) is 27.3. The third-order valence-electron chi connectivity index (χ3n) is 6.00. The number of rotatable bonds is 7. The van der Waals surface area contributed by atoms with E-state index in [0.29, 0.717) is 54.7 Å². The number of nitrogens with two attached hydrogens (primary N) is 1. The minimum atomic E-state index is -4.56. The quantitative estimate of drug-likeness (QED) is 0.463. The number of aromatic nitrogens is 1. The predicted molar refractivity (Wildman–Crippen MR) is 136 cm³/mol. The van der Waals surface area contributed by atoms with Crippen LogP contribution >= 0.6 is 0 Å². The number of halogens is 3. The molecular formula is C27H26F3N5O3. The predicted octanol–water partition coefficient (Wildman–Crippen LogP) is 4.61. The van der Waals surface area contributed by atoms with E-state index in [1.54, 1.807) is 31.3 Å². The molecule has 2 heterocycles. The first-order valence-corrected chi connectivity index (χ1v) is 11.9. The van der Waals surface area contributed by atoms with Crippen LogP contribution < -0.4 is 20.7 Å². The fourth-order valence-electron chi connectivity index (χ4n) is 4.04. The first-order chi connectivity index (χ1) is 18.2. The summed E-state index contributed by atoms with van der Waals surface area (Å²) in [6, 6.07) is 13.2. The number of amides is 1. The Morgan fingerprint density at radius 3 is 2.68 bits per heavy atom. The Morgan fingerprint density at radius 2 is 2.00 bits per heavy atom. The molecule has 1 amide bonds. The third-order valence-corrected chi connectivity index (χ3v) is 6.00. The Hall–Kier alpha value is -4.14. The fraction of sp³-hybridized carbons (Fsp3) is 0.296. The van der Waals surface area contributed by atoms with Gasteiger partial charge in [0.1, 0.15) is 11.8 Å². The largest absolute Gasteiger partial charge is 0.458 e. The van der Waals surface area contributed by atoms with Gasteiger partial charge >= 0.3 is 6.18 Å². The number of carbonyl (C=O) groups is 1. The van der Waals surface area contributed by atoms with E-state index >= 15 is 0 Å². The Labute approximate surface area is 217 Å². The molecule has 3 N–H and O–H groups in total. The summed E-state index contributed by atoms with van der Waals surface area (Å²) in [6.45, 7) is 4.11. The van der Waals surface area contributed by atoms with Crippen molar-refractivity contribution >= 4 is 17.3 Å². The highest BCUT2D eigenvalue weighted by molar-refractivity contribution is 6.04. The van der Waals surface area contributed by atoms with Crippen LogP contribution in [0.4, 0.5) is 24.5 Å². The van der Waals surface area contributed by atoms with Gasteiger partial charge in [-0.1, -0.05) is 12.1 Å². The van der Waals surface area contributed by atoms with Crippen LogP contribution in [-0.2, 0) is 17.5 Å². The monoisotopic (exact) mass is 525 g/mol. The summed E-state index contributed by atoms with van der Waals surface area (Å²) in [7, 11) is 0. The summed E-state index contributed by atoms with van der Waals surface area (Å²) in [5.41, 5.74) is 8.19. The molecule has 1 atom stereocenters. The maximum Gasteiger partial charge on any atom is 0.416 e. The van der Waals surface area contributed by atoms with Gasteiger partial charge in [-0.05, 0) is 54.4 Å². The van der Waals surface area contributed by atoms with Crippen LogP contribution in [0.3, 0.4) is 0 Å². The van der Waals surface area contributed by atoms with Gasteiger partial charge in [-0.25, -0.2) is 4.98 Å². The first-order valence-electron chi connectivity index (χ1n) is 11.9. The van der Waals surface area contributed by atoms with E-state index in [4.69, 9.17) is 15.2 Å². The number of pyridine rings is 1. The number of carbonyl (C=O) groups excluding carboxylic acids is 1. The van der Waals surface area contributed by atoms with E-state index in [1.165, 1.54) is 12.1 Å². The van der Waals surface area contributed by atoms with Crippen molar-refractivity contribution in [3.63, 3.8) is 0 Å². The number of nitriles is 1. The maximum atomic E-state index is 13.1. The van der Waals surface area contributed by atoms with Crippen LogP contribution in [-0.4, -0.2) is 43.3 Å². The van der Waals surface area contributed by atoms with Crippen molar-refractivity contribution < 1.29 is 27.4 Å². The lowest BCUT2D eigenvalue weighted by Crippen LogP contribution is -2.36. The summed E-state index contributed by atoms with van der Waals surface area (Å²) in [5.74, 6) is -0.364. The van der Waals surface area contributed by atoms with E-state index in [0.717, 1.165) is 17.7 Å². The number of benzene rings is 2. The van der Waals surface area contributed by atoms with Gasteiger partial charge < -0.3 is 25.4 Å². The molecule has 0 spiro atoms. The van der Waals surface area contributed by atoms with E-state index in [2.05, 4.69) is 15.2 Å². The summed E-state index contributed by atoms with van der Waals surface area (Å²) in [4.78, 5) is 19.3. The zero-order valence-electron chi connectivity index (χ0n) is 20.6. The molecule has 38 heavy (non-hydrogen) atoms. The number of ether oxygens (including phenoxy) is 2. The maximum absolute atomic E-state index is 13.1. The lowest BCUT2D eigenvalue weighted by Gasteiger charge is -2.30. The second-order valence-corrected chi connectivity index (χ2v) is 8.65. The molecule has 0 unspecified atom stereocenters. The Bertz CT molecular complexity index is 1350. The topological polar surface area (TPSA) is 113 Å². The summed E-state index contributed by atoms with van der Waals surface area (Å²) in [5, 5.41) is 11.9. The van der Waals surface area contributed by atoms with Gasteiger partial charge in [0, 0.05) is 42.6 Å². The molecule has 1 saturated heterocycles. The lowest BCUT2D eigenvalue weighted by atomic mass is 9.99. The van der Waals surface area contributed by atoms with E-state index in [-0.39, 0.29) is 12.1 Å². The highest BCUT2D eigenvalue weighted by Gasteiger charge is 2.31. The minimum absolute atomic E-state index is 0.117. The molecule has 3 aromatic rings. The molecule has 1 aliphatic rings. The fourth-order valence-corrected chi connectivity index (χ4v) is 4.04. The van der Waals surface area contributed by atoms with Crippen molar-refractivity contribution in [3.05, 3.63) is 71.4 Å². The average Bonchev–Trinajstić information content (AvgIpc) is 2.93. The molecule has 1 aliphatic heterocycles. The van der Waals surface area contributed by atoms with Crippen LogP contribution in [0.15, 0.2) is 54.7 Å². The van der Waals surface area contributed by atoms with Crippen LogP contribution in [0.1, 0.15) is 28.4 Å². The van der Waals surface area contributed by atoms with E-state index < -0.39 is 23.8 Å². The molecule has 0 radical (unpaired) electrons. The molecule has 198 valence electrons. The van der Waals surface area contributed by atoms with Crippen molar-refractivity contribution in [1.82, 2.24) is 4.98 Å². The highest BCUT2D eigenvalue weighted by Crippen LogP contribution is 2.35. The van der Waals surface area contributed by atoms with Gasteiger partial charge in [0.15, 0.2) is 6.10 Å². The molecular weight excluding hydrogens is 499 g/mol. The second-order valence-electron chi connectivity index (χ2n) is 8.65. The molecule has 8 nitrogen and oxygen atoms in total. The van der Waals surface area contributed by atoms with Crippen LogP contribution in [0.2, 0.25) is 0 Å². The molecule has 2 aromatic carbocycles. The Kier molecular flexibility index (Phi) is 8.14. The highest BCUT2D eigenvalue weighted by atomic mass is 19.4. The van der Waals surface area contributed by atoms with Gasteiger partial charge in [0.2, 0.25) is 5.88 Å². The van der Waals surface area contributed by atoms with E-state index in [9.17, 15) is 23.2 Å². The third kappa shape index (κ3) is 6.22. The average molecular weight is 526 g/mol. The van der Waals surface area contributed by atoms with E-state index in [1.807, 2.05) is 12.1 Å². The smallest absolute Gasteiger partial charge is 0.416 e. The summed E-state index contributed by atoms with van der Waals surface area (Å²) >= 11 is 0. The zero-order valence-corrected chi connectivity index (χ0v) is 20.6. The molecule has 0 bridgehead atoms. The second kappa shape index (κ2) is 11.5. The summed E-state index contributed by atoms with van der Waals surface area (Å²) in [6.07, 6.45) is -3.67. The molecule has 4 rings (SSSR count). The number of nitrogens with one attached hydrogen (secondary N) is 1. The minimum Gasteiger partial charge on any atom is -0.458 e. The molecule has 11 heteroatoms. The van der Waals surface area contributed by atoms with Crippen molar-refractivity contribution in [2.75, 3.05) is 36.5 Å². The molecule has 0 saturated carbocycles. The number of anilines is 2. The molecule has 0 aliphatic carbocycles. The number of alkyl halides is 3. The van der Waals surface area contributed by atoms with Gasteiger partial charge in [-0.2, -0.15) is 18.4 Å². The number of morpholine rings is 1. The standard InChI is InChI=1S/C27H26F3N5O3/c1-17(14-31)38-26-24(35-7-9-37-10-8-35)12-20(16-33-26)23-13-22(6-5-19(23)15-32)34-25(36)18-3-2-4-21(11-18)27(28,29)30/h2-6,11-13,16-17H,7-10,15,32H2,1H3,(H,34,36)/t17-/m0/s1. The number of nitrogens with zero attached hydrogens (tertiary/aromatic N) is 3. The van der Waals surface area contributed by atoms with Crippen molar-refractivity contribution in [2.45, 2.75) is 25.7 Å². The first kappa shape index (κ1) is 26.9. The number of hydrogen-bond acceptors (Lipinski definition) is 7. The Balaban J connectivity index is 1.67. The van der Waals surface area contributed by atoms with Crippen LogP contribution in [0.25, 0.3) is 11.1 Å². The molecule has 1 fully saturated rings. The summed E-state index contributed by atoms with van der Waals surface area (Å²) < 4.78 is 50.4. The van der Waals surface area contributed by atoms with Gasteiger partial charge in [0.05, 0.1) is 18.8 Å². The van der Waals surface area contributed by atoms with Crippen molar-refractivity contribution in [2.24, 2.45) is 5.73 Å². The van der Waals surface area contributed by atoms with Crippen LogP contribution in [0, 0.1) is 11.3 Å².